The van der Waals surface area contributed by atoms with Crippen molar-refractivity contribution >= 4 is 29.1 Å². The van der Waals surface area contributed by atoms with E-state index < -0.39 is 0 Å². The molecule has 2 aromatic carbocycles. The summed E-state index contributed by atoms with van der Waals surface area (Å²) in [5, 5.41) is 3.88. The molecule has 8 heteroatoms. The van der Waals surface area contributed by atoms with Crippen molar-refractivity contribution in [2.45, 2.75) is 25.2 Å². The molecule has 1 aliphatic carbocycles. The van der Waals surface area contributed by atoms with E-state index >= 15 is 0 Å². The fourth-order valence-corrected chi connectivity index (χ4v) is 5.15. The van der Waals surface area contributed by atoms with Gasteiger partial charge in [0.1, 0.15) is 29.7 Å². The fourth-order valence-electron chi connectivity index (χ4n) is 5.00. The molecule has 0 saturated heterocycles. The first-order valence-electron chi connectivity index (χ1n) is 12.2. The average Bonchev–Trinajstić information content (AvgIpc) is 3.52. The number of ether oxygens (including phenoxy) is 1. The Bertz CT molecular complexity index is 1420. The van der Waals surface area contributed by atoms with E-state index in [2.05, 4.69) is 64.7 Å². The van der Waals surface area contributed by atoms with Crippen LogP contribution in [0.5, 0.6) is 5.75 Å². The van der Waals surface area contributed by atoms with Gasteiger partial charge in [0.05, 0.1) is 11.4 Å². The summed E-state index contributed by atoms with van der Waals surface area (Å²) in [5.41, 5.74) is 5.38. The number of aromatic nitrogens is 4. The zero-order chi connectivity index (χ0) is 24.5. The van der Waals surface area contributed by atoms with Crippen LogP contribution in [0.25, 0.3) is 5.69 Å². The van der Waals surface area contributed by atoms with Gasteiger partial charge in [0.15, 0.2) is 0 Å². The van der Waals surface area contributed by atoms with Crippen LogP contribution in [0.2, 0.25) is 5.15 Å². The summed E-state index contributed by atoms with van der Waals surface area (Å²) >= 11 is 6.07. The van der Waals surface area contributed by atoms with Gasteiger partial charge in [0.2, 0.25) is 5.95 Å². The van der Waals surface area contributed by atoms with Crippen molar-refractivity contribution in [2.24, 2.45) is 0 Å². The monoisotopic (exact) mass is 498 g/mol. The highest BCUT2D eigenvalue weighted by atomic mass is 35.5. The summed E-state index contributed by atoms with van der Waals surface area (Å²) in [6.07, 6.45) is 10.6. The number of halogens is 1. The second-order valence-electron chi connectivity index (χ2n) is 9.14. The molecular weight excluding hydrogens is 472 g/mol. The average molecular weight is 499 g/mol. The molecule has 0 radical (unpaired) electrons. The van der Waals surface area contributed by atoms with Crippen molar-refractivity contribution in [3.05, 3.63) is 95.2 Å². The molecule has 2 aromatic heterocycles. The number of nitrogens with one attached hydrogen (secondary N) is 1. The molecule has 4 bridgehead atoms. The van der Waals surface area contributed by atoms with Gasteiger partial charge in [-0.1, -0.05) is 54.1 Å². The van der Waals surface area contributed by atoms with E-state index in [9.17, 15) is 0 Å². The van der Waals surface area contributed by atoms with Gasteiger partial charge in [-0.2, -0.15) is 4.98 Å². The third kappa shape index (κ3) is 4.42. The second kappa shape index (κ2) is 9.66. The van der Waals surface area contributed by atoms with Crippen molar-refractivity contribution < 1.29 is 4.74 Å². The first-order valence-corrected chi connectivity index (χ1v) is 12.6. The first kappa shape index (κ1) is 22.6. The molecule has 36 heavy (non-hydrogen) atoms. The van der Waals surface area contributed by atoms with E-state index in [4.69, 9.17) is 26.3 Å². The number of fused-ring (bicyclic) bond motifs is 6. The molecule has 2 aliphatic rings. The third-order valence-corrected chi connectivity index (χ3v) is 6.97. The molecule has 7 nitrogen and oxygen atoms in total. The Labute approximate surface area is 215 Å². The van der Waals surface area contributed by atoms with E-state index in [1.54, 1.807) is 12.5 Å². The molecule has 182 valence electrons. The van der Waals surface area contributed by atoms with Gasteiger partial charge in [-0.15, -0.1) is 0 Å². The van der Waals surface area contributed by atoms with E-state index in [-0.39, 0.29) is 5.92 Å². The quantitative estimate of drug-likeness (QED) is 0.346. The highest BCUT2D eigenvalue weighted by Gasteiger charge is 2.30. The van der Waals surface area contributed by atoms with E-state index in [1.165, 1.54) is 11.1 Å². The highest BCUT2D eigenvalue weighted by Crippen LogP contribution is 2.41. The summed E-state index contributed by atoms with van der Waals surface area (Å²) in [6, 6.07) is 16.6. The second-order valence-corrected chi connectivity index (χ2v) is 9.53. The Balaban J connectivity index is 1.43. The maximum absolute atomic E-state index is 6.14. The van der Waals surface area contributed by atoms with Gasteiger partial charge < -0.3 is 19.5 Å². The SMILES string of the molecule is CN1CC/C=C\COc2cc(ccc2-n2cnc(Cl)c2)Nc2nc3c(c1n2)CCC3c1ccccc1. The van der Waals surface area contributed by atoms with Gasteiger partial charge in [0, 0.05) is 43.0 Å². The molecule has 1 aliphatic heterocycles. The molecule has 0 amide bonds. The number of anilines is 3. The Morgan fingerprint density at radius 3 is 2.81 bits per heavy atom. The number of imidazole rings is 1. The van der Waals surface area contributed by atoms with Crippen LogP contribution in [-0.4, -0.2) is 39.7 Å². The lowest BCUT2D eigenvalue weighted by atomic mass is 9.97. The molecule has 1 N–H and O–H groups in total. The van der Waals surface area contributed by atoms with Crippen molar-refractivity contribution in [3.8, 4) is 11.4 Å². The summed E-state index contributed by atoms with van der Waals surface area (Å²) in [4.78, 5) is 16.4. The van der Waals surface area contributed by atoms with Crippen molar-refractivity contribution in [2.75, 3.05) is 30.4 Å². The minimum atomic E-state index is 0.267. The number of hydrogen-bond donors (Lipinski definition) is 1. The lowest BCUT2D eigenvalue weighted by Gasteiger charge is -2.22. The summed E-state index contributed by atoms with van der Waals surface area (Å²) in [5.74, 6) is 2.59. The minimum absolute atomic E-state index is 0.267. The highest BCUT2D eigenvalue weighted by molar-refractivity contribution is 6.29. The third-order valence-electron chi connectivity index (χ3n) is 6.77. The zero-order valence-electron chi connectivity index (χ0n) is 20.1. The number of nitrogens with zero attached hydrogens (tertiary/aromatic N) is 5. The maximum atomic E-state index is 6.14. The van der Waals surface area contributed by atoms with Gasteiger partial charge in [-0.3, -0.25) is 0 Å². The Kier molecular flexibility index (Phi) is 6.07. The number of hydrogen-bond acceptors (Lipinski definition) is 6. The minimum Gasteiger partial charge on any atom is -0.487 e. The molecule has 1 atom stereocenters. The molecule has 3 heterocycles. The smallest absolute Gasteiger partial charge is 0.229 e. The Morgan fingerprint density at radius 2 is 1.97 bits per heavy atom. The largest absolute Gasteiger partial charge is 0.487 e. The van der Waals surface area contributed by atoms with Crippen molar-refractivity contribution in [1.82, 2.24) is 19.5 Å². The molecule has 0 saturated carbocycles. The molecule has 1 unspecified atom stereocenters. The normalized spacial score (nSPS) is 18.1. The van der Waals surface area contributed by atoms with Crippen LogP contribution >= 0.6 is 11.6 Å². The number of benzene rings is 2. The molecular formula is C28H27ClN6O. The van der Waals surface area contributed by atoms with Crippen LogP contribution in [0.1, 0.15) is 35.6 Å². The van der Waals surface area contributed by atoms with E-state index in [0.29, 0.717) is 17.7 Å². The van der Waals surface area contributed by atoms with Gasteiger partial charge >= 0.3 is 0 Å². The summed E-state index contributed by atoms with van der Waals surface area (Å²) in [6.45, 7) is 1.33. The van der Waals surface area contributed by atoms with Crippen molar-refractivity contribution in [3.63, 3.8) is 0 Å². The maximum Gasteiger partial charge on any atom is 0.229 e. The van der Waals surface area contributed by atoms with Crippen LogP contribution < -0.4 is 15.0 Å². The van der Waals surface area contributed by atoms with Gasteiger partial charge in [-0.25, -0.2) is 9.97 Å². The van der Waals surface area contributed by atoms with Crippen LogP contribution in [0.15, 0.2) is 73.2 Å². The topological polar surface area (TPSA) is 68.1 Å². The standard InChI is InChI=1S/C28H27ClN6O/c1-34-14-6-3-7-15-36-24-16-20(10-13-23(24)35-17-25(29)30-18-35)31-28-32-26-21(19-8-4-2-5-9-19)11-12-22(26)27(34)33-28/h2-5,7-10,13,16-18,21H,6,11-12,14-15H2,1H3,(H,31,32,33)/b7-3-. The fraction of sp³-hybridized carbons (Fsp3) is 0.250. The summed E-state index contributed by atoms with van der Waals surface area (Å²) in [7, 11) is 2.11. The van der Waals surface area contributed by atoms with Crippen LogP contribution in [-0.2, 0) is 6.42 Å². The van der Waals surface area contributed by atoms with Crippen LogP contribution in [0, 0.1) is 0 Å². The van der Waals surface area contributed by atoms with Crippen LogP contribution in [0.4, 0.5) is 17.5 Å². The lowest BCUT2D eigenvalue weighted by Crippen LogP contribution is -2.22. The predicted octanol–water partition coefficient (Wildman–Crippen LogP) is 5.91. The lowest BCUT2D eigenvalue weighted by molar-refractivity contribution is 0.361. The van der Waals surface area contributed by atoms with Crippen molar-refractivity contribution in [1.29, 1.82) is 0 Å². The molecule has 0 fully saturated rings. The van der Waals surface area contributed by atoms with Crippen LogP contribution in [0.3, 0.4) is 0 Å². The molecule has 6 rings (SSSR count). The Morgan fingerprint density at radius 1 is 1.08 bits per heavy atom. The van der Waals surface area contributed by atoms with Gasteiger partial charge in [-0.05, 0) is 37.0 Å². The summed E-state index contributed by atoms with van der Waals surface area (Å²) < 4.78 is 8.00. The van der Waals surface area contributed by atoms with Gasteiger partial charge in [0.25, 0.3) is 0 Å². The zero-order valence-corrected chi connectivity index (χ0v) is 20.8. The predicted molar refractivity (Wildman–Crippen MR) is 143 cm³/mol. The Hall–Kier alpha value is -3.84. The number of rotatable bonds is 2. The van der Waals surface area contributed by atoms with E-state index in [1.807, 2.05) is 22.8 Å². The first-order chi connectivity index (χ1) is 17.7. The van der Waals surface area contributed by atoms with E-state index in [0.717, 1.165) is 54.4 Å². The molecule has 0 spiro atoms. The molecule has 4 aromatic rings.